The second-order valence-corrected chi connectivity index (χ2v) is 7.11. The first kappa shape index (κ1) is 19.1. The maximum absolute atomic E-state index is 12.9. The molecule has 0 saturated heterocycles. The van der Waals surface area contributed by atoms with Crippen LogP contribution in [0.2, 0.25) is 0 Å². The molecule has 5 heteroatoms. The summed E-state index contributed by atoms with van der Waals surface area (Å²) in [7, 11) is 1.61. The molecule has 0 unspecified atom stereocenters. The van der Waals surface area contributed by atoms with E-state index < -0.39 is 5.54 Å². The zero-order valence-electron chi connectivity index (χ0n) is 15.6. The molecule has 3 rings (SSSR count). The van der Waals surface area contributed by atoms with Gasteiger partial charge in [-0.25, -0.2) is 0 Å². The highest BCUT2D eigenvalue weighted by molar-refractivity contribution is 6.00. The lowest BCUT2D eigenvalue weighted by atomic mass is 9.80. The van der Waals surface area contributed by atoms with Crippen molar-refractivity contribution in [3.8, 4) is 11.1 Å². The number of carbonyl (C=O) groups excluding carboxylic acids is 2. The van der Waals surface area contributed by atoms with Gasteiger partial charge in [0, 0.05) is 12.6 Å². The average molecular weight is 366 g/mol. The number of hydrogen-bond donors (Lipinski definition) is 3. The van der Waals surface area contributed by atoms with E-state index in [0.29, 0.717) is 18.4 Å². The molecule has 0 atom stereocenters. The maximum atomic E-state index is 12.9. The van der Waals surface area contributed by atoms with Gasteiger partial charge >= 0.3 is 0 Å². The quantitative estimate of drug-likeness (QED) is 0.761. The Labute approximate surface area is 159 Å². The molecule has 1 aliphatic carbocycles. The predicted molar refractivity (Wildman–Crippen MR) is 105 cm³/mol. The van der Waals surface area contributed by atoms with E-state index >= 15 is 0 Å². The third kappa shape index (κ3) is 4.19. The van der Waals surface area contributed by atoms with Gasteiger partial charge < -0.3 is 15.7 Å². The molecule has 0 bridgehead atoms. The van der Waals surface area contributed by atoms with Crippen LogP contribution in [0.4, 0.5) is 0 Å². The fourth-order valence-corrected chi connectivity index (χ4v) is 3.74. The number of rotatable bonds is 5. The SMILES string of the molecule is CNC(=O)C1(NC(=O)c2cccc(-c3ccc(CO)cc3)c2)CCCCC1. The number of benzene rings is 2. The number of likely N-dealkylation sites (N-methyl/N-ethyl adjacent to an activating group) is 1. The summed E-state index contributed by atoms with van der Waals surface area (Å²) in [6, 6.07) is 15.0. The Morgan fingerprint density at radius 1 is 1.00 bits per heavy atom. The summed E-state index contributed by atoms with van der Waals surface area (Å²) in [6.45, 7) is 0.00427. The minimum Gasteiger partial charge on any atom is -0.392 e. The van der Waals surface area contributed by atoms with Crippen molar-refractivity contribution < 1.29 is 14.7 Å². The molecule has 1 saturated carbocycles. The second-order valence-electron chi connectivity index (χ2n) is 7.11. The van der Waals surface area contributed by atoms with Crippen molar-refractivity contribution >= 4 is 11.8 Å². The van der Waals surface area contributed by atoms with Crippen molar-refractivity contribution in [3.05, 3.63) is 59.7 Å². The third-order valence-corrected chi connectivity index (χ3v) is 5.32. The molecule has 0 aliphatic heterocycles. The fourth-order valence-electron chi connectivity index (χ4n) is 3.74. The minimum absolute atomic E-state index is 0.00427. The number of nitrogens with one attached hydrogen (secondary N) is 2. The van der Waals surface area contributed by atoms with E-state index in [0.717, 1.165) is 36.0 Å². The van der Waals surface area contributed by atoms with Crippen LogP contribution < -0.4 is 10.6 Å². The third-order valence-electron chi connectivity index (χ3n) is 5.32. The van der Waals surface area contributed by atoms with Crippen molar-refractivity contribution in [2.24, 2.45) is 0 Å². The lowest BCUT2D eigenvalue weighted by molar-refractivity contribution is -0.128. The molecule has 27 heavy (non-hydrogen) atoms. The van der Waals surface area contributed by atoms with E-state index in [1.807, 2.05) is 42.5 Å². The molecule has 1 aliphatic rings. The van der Waals surface area contributed by atoms with Gasteiger partial charge in [0.05, 0.1) is 6.61 Å². The topological polar surface area (TPSA) is 78.4 Å². The predicted octanol–water partition coefficient (Wildman–Crippen LogP) is 3.02. The second kappa shape index (κ2) is 8.35. The number of hydrogen-bond acceptors (Lipinski definition) is 3. The lowest BCUT2D eigenvalue weighted by Gasteiger charge is -2.36. The van der Waals surface area contributed by atoms with E-state index in [1.54, 1.807) is 13.1 Å². The van der Waals surface area contributed by atoms with Crippen molar-refractivity contribution in [3.63, 3.8) is 0 Å². The van der Waals surface area contributed by atoms with Crippen LogP contribution in [-0.4, -0.2) is 29.5 Å². The van der Waals surface area contributed by atoms with Crippen LogP contribution in [0, 0.1) is 0 Å². The van der Waals surface area contributed by atoms with E-state index in [4.69, 9.17) is 0 Å². The first-order valence-electron chi connectivity index (χ1n) is 9.43. The first-order chi connectivity index (χ1) is 13.1. The summed E-state index contributed by atoms with van der Waals surface area (Å²) < 4.78 is 0. The standard InChI is InChI=1S/C22H26N2O3/c1-23-21(27)22(12-3-2-4-13-22)24-20(26)19-7-5-6-18(14-19)17-10-8-16(15-25)9-11-17/h5-11,14,25H,2-4,12-13,15H2,1H3,(H,23,27)(H,24,26). The van der Waals surface area contributed by atoms with Crippen molar-refractivity contribution in [2.45, 2.75) is 44.2 Å². The Morgan fingerprint density at radius 3 is 2.33 bits per heavy atom. The first-order valence-corrected chi connectivity index (χ1v) is 9.43. The Bertz CT molecular complexity index is 809. The van der Waals surface area contributed by atoms with Gasteiger partial charge in [0.1, 0.15) is 5.54 Å². The molecular formula is C22H26N2O3. The van der Waals surface area contributed by atoms with Gasteiger partial charge in [-0.3, -0.25) is 9.59 Å². The Kier molecular flexibility index (Phi) is 5.91. The summed E-state index contributed by atoms with van der Waals surface area (Å²) >= 11 is 0. The molecular weight excluding hydrogens is 340 g/mol. The molecule has 142 valence electrons. The number of carbonyl (C=O) groups is 2. The van der Waals surface area contributed by atoms with Crippen LogP contribution in [0.1, 0.15) is 48.0 Å². The number of aliphatic hydroxyl groups excluding tert-OH is 1. The molecule has 1 fully saturated rings. The van der Waals surface area contributed by atoms with Crippen LogP contribution in [0.25, 0.3) is 11.1 Å². The summed E-state index contributed by atoms with van der Waals surface area (Å²) in [5.41, 5.74) is 2.46. The summed E-state index contributed by atoms with van der Waals surface area (Å²) in [5.74, 6) is -0.347. The van der Waals surface area contributed by atoms with Crippen LogP contribution in [0.3, 0.4) is 0 Å². The fraction of sp³-hybridized carbons (Fsp3) is 0.364. The van der Waals surface area contributed by atoms with Crippen LogP contribution in [-0.2, 0) is 11.4 Å². The summed E-state index contributed by atoms with van der Waals surface area (Å²) in [4.78, 5) is 25.4. The smallest absolute Gasteiger partial charge is 0.252 e. The van der Waals surface area contributed by atoms with Gasteiger partial charge in [0.2, 0.25) is 5.91 Å². The molecule has 0 aromatic heterocycles. The number of amides is 2. The van der Waals surface area contributed by atoms with Gasteiger partial charge in [0.15, 0.2) is 0 Å². The molecule has 2 aromatic carbocycles. The van der Waals surface area contributed by atoms with Gasteiger partial charge in [0.25, 0.3) is 5.91 Å². The summed E-state index contributed by atoms with van der Waals surface area (Å²) in [5, 5.41) is 14.9. The zero-order chi connectivity index (χ0) is 19.3. The van der Waals surface area contributed by atoms with E-state index in [1.165, 1.54) is 0 Å². The molecule has 2 aromatic rings. The minimum atomic E-state index is -0.817. The maximum Gasteiger partial charge on any atom is 0.252 e. The van der Waals surface area contributed by atoms with E-state index in [2.05, 4.69) is 10.6 Å². The lowest BCUT2D eigenvalue weighted by Crippen LogP contribution is -2.59. The monoisotopic (exact) mass is 366 g/mol. The highest BCUT2D eigenvalue weighted by Crippen LogP contribution is 2.29. The zero-order valence-corrected chi connectivity index (χ0v) is 15.6. The molecule has 5 nitrogen and oxygen atoms in total. The highest BCUT2D eigenvalue weighted by atomic mass is 16.3. The molecule has 3 N–H and O–H groups in total. The van der Waals surface area contributed by atoms with Crippen LogP contribution in [0.5, 0.6) is 0 Å². The molecule has 0 radical (unpaired) electrons. The van der Waals surface area contributed by atoms with Crippen molar-refractivity contribution in [1.29, 1.82) is 0 Å². The Balaban J connectivity index is 1.83. The van der Waals surface area contributed by atoms with Gasteiger partial charge in [-0.1, -0.05) is 55.7 Å². The van der Waals surface area contributed by atoms with E-state index in [9.17, 15) is 14.7 Å². The molecule has 0 heterocycles. The van der Waals surface area contributed by atoms with Gasteiger partial charge in [-0.05, 0) is 41.7 Å². The van der Waals surface area contributed by atoms with Gasteiger partial charge in [-0.15, -0.1) is 0 Å². The van der Waals surface area contributed by atoms with Crippen LogP contribution >= 0.6 is 0 Å². The number of aliphatic hydroxyl groups is 1. The van der Waals surface area contributed by atoms with Crippen molar-refractivity contribution in [1.82, 2.24) is 10.6 Å². The van der Waals surface area contributed by atoms with E-state index in [-0.39, 0.29) is 18.4 Å². The molecule has 2 amide bonds. The summed E-state index contributed by atoms with van der Waals surface area (Å²) in [6.07, 6.45) is 4.30. The largest absolute Gasteiger partial charge is 0.392 e. The van der Waals surface area contributed by atoms with Crippen molar-refractivity contribution in [2.75, 3.05) is 7.05 Å². The molecule has 0 spiro atoms. The Hall–Kier alpha value is -2.66. The average Bonchev–Trinajstić information content (AvgIpc) is 2.74. The Morgan fingerprint density at radius 2 is 1.70 bits per heavy atom. The highest BCUT2D eigenvalue weighted by Gasteiger charge is 2.40. The van der Waals surface area contributed by atoms with Gasteiger partial charge in [-0.2, -0.15) is 0 Å². The normalized spacial score (nSPS) is 15.8. The van der Waals surface area contributed by atoms with Crippen LogP contribution in [0.15, 0.2) is 48.5 Å².